The van der Waals surface area contributed by atoms with E-state index in [2.05, 4.69) is 17.6 Å². The fourth-order valence-corrected chi connectivity index (χ4v) is 1.48. The molecular weight excluding hydrogens is 264 g/mol. The number of hydrogen-bond acceptors (Lipinski definition) is 3. The van der Waals surface area contributed by atoms with Gasteiger partial charge in [0.25, 0.3) is 0 Å². The van der Waals surface area contributed by atoms with Crippen molar-refractivity contribution < 1.29 is 13.7 Å². The van der Waals surface area contributed by atoms with Gasteiger partial charge in [-0.25, -0.2) is 9.00 Å². The minimum Gasteiger partial charge on any atom is -0.445 e. The molecule has 0 heterocycles. The van der Waals surface area contributed by atoms with Crippen molar-refractivity contribution in [2.24, 2.45) is 4.40 Å². The number of ether oxygens (including phenoxy) is 1. The third-order valence-electron chi connectivity index (χ3n) is 1.93. The maximum atomic E-state index is 11.7. The van der Waals surface area contributed by atoms with E-state index in [1.807, 2.05) is 20.8 Å². The second-order valence-electron chi connectivity index (χ2n) is 4.71. The summed E-state index contributed by atoms with van der Waals surface area (Å²) in [4.78, 5) is 13.0. The van der Waals surface area contributed by atoms with E-state index in [1.165, 1.54) is 17.2 Å². The molecule has 0 fully saturated rings. The van der Waals surface area contributed by atoms with Crippen LogP contribution in [0.25, 0.3) is 0 Å². The van der Waals surface area contributed by atoms with E-state index in [9.17, 15) is 9.00 Å². The first kappa shape index (κ1) is 17.6. The summed E-state index contributed by atoms with van der Waals surface area (Å²) in [7, 11) is -1.33. The first-order chi connectivity index (χ1) is 8.82. The molecule has 1 unspecified atom stereocenters. The molecule has 0 rings (SSSR count). The van der Waals surface area contributed by atoms with Crippen LogP contribution in [0.15, 0.2) is 29.7 Å². The van der Waals surface area contributed by atoms with E-state index in [-0.39, 0.29) is 13.2 Å². The van der Waals surface area contributed by atoms with Crippen molar-refractivity contribution in [2.75, 3.05) is 19.7 Å². The van der Waals surface area contributed by atoms with Crippen LogP contribution >= 0.6 is 0 Å². The van der Waals surface area contributed by atoms with Crippen molar-refractivity contribution in [3.05, 3.63) is 25.3 Å². The normalized spacial score (nSPS) is 13.0. The summed E-state index contributed by atoms with van der Waals surface area (Å²) >= 11 is 0. The molecule has 6 heteroatoms. The molecule has 1 atom stereocenters. The van der Waals surface area contributed by atoms with Crippen molar-refractivity contribution in [3.8, 4) is 0 Å². The topological polar surface area (TPSA) is 59.0 Å². The van der Waals surface area contributed by atoms with Crippen LogP contribution in [0.4, 0.5) is 4.79 Å². The Hall–Kier alpha value is -1.43. The average Bonchev–Trinajstić information content (AvgIpc) is 2.33. The van der Waals surface area contributed by atoms with Crippen LogP contribution in [0.5, 0.6) is 0 Å². The SMILES string of the molecule is C=CCOC(=O)N(CC=C)C/C=N/S(=O)C(C)(C)C. The summed E-state index contributed by atoms with van der Waals surface area (Å²) in [6.45, 7) is 13.3. The molecule has 0 aromatic rings. The highest BCUT2D eigenvalue weighted by atomic mass is 32.2. The number of carbonyl (C=O) groups excluding carboxylic acids is 1. The lowest BCUT2D eigenvalue weighted by molar-refractivity contribution is 0.122. The molecule has 0 aliphatic carbocycles. The molecule has 0 aromatic carbocycles. The minimum absolute atomic E-state index is 0.150. The maximum Gasteiger partial charge on any atom is 0.410 e. The molecule has 0 aliphatic rings. The summed E-state index contributed by atoms with van der Waals surface area (Å²) in [5, 5.41) is 0. The van der Waals surface area contributed by atoms with Crippen LogP contribution < -0.4 is 0 Å². The molecule has 0 N–H and O–H groups in total. The second kappa shape index (κ2) is 8.63. The summed E-state index contributed by atoms with van der Waals surface area (Å²) in [6.07, 6.45) is 4.06. The van der Waals surface area contributed by atoms with Crippen molar-refractivity contribution in [2.45, 2.75) is 25.5 Å². The Balaban J connectivity index is 4.47. The van der Waals surface area contributed by atoms with Gasteiger partial charge in [0.15, 0.2) is 0 Å². The highest BCUT2D eigenvalue weighted by Gasteiger charge is 2.18. The third-order valence-corrected chi connectivity index (χ3v) is 3.32. The van der Waals surface area contributed by atoms with Gasteiger partial charge in [-0.3, -0.25) is 4.90 Å². The van der Waals surface area contributed by atoms with Gasteiger partial charge in [-0.2, -0.15) is 4.40 Å². The van der Waals surface area contributed by atoms with Crippen molar-refractivity contribution in [1.82, 2.24) is 4.90 Å². The average molecular weight is 286 g/mol. The maximum absolute atomic E-state index is 11.7. The first-order valence-electron chi connectivity index (χ1n) is 5.91. The van der Waals surface area contributed by atoms with Gasteiger partial charge in [-0.15, -0.1) is 6.58 Å². The Morgan fingerprint density at radius 3 is 2.42 bits per heavy atom. The lowest BCUT2D eigenvalue weighted by atomic mass is 10.3. The summed E-state index contributed by atoms with van der Waals surface area (Å²) in [5.41, 5.74) is 0. The standard InChI is InChI=1S/C13H22N2O3S/c1-6-9-15(12(16)18-11-7-2)10-8-14-19(17)13(3,4)5/h6-8H,1-2,9-11H2,3-5H3/b14-8+. The number of rotatable bonds is 7. The third kappa shape index (κ3) is 7.56. The van der Waals surface area contributed by atoms with E-state index >= 15 is 0 Å². The summed E-state index contributed by atoms with van der Waals surface area (Å²) in [5.74, 6) is 0. The molecule has 1 amide bonds. The molecule has 0 spiro atoms. The fourth-order valence-electron chi connectivity index (χ4n) is 0.959. The fraction of sp³-hybridized carbons (Fsp3) is 0.538. The Morgan fingerprint density at radius 2 is 1.95 bits per heavy atom. The van der Waals surface area contributed by atoms with Gasteiger partial charge in [-0.05, 0) is 20.8 Å². The Kier molecular flexibility index (Phi) is 7.98. The van der Waals surface area contributed by atoms with Crippen LogP contribution in [0.1, 0.15) is 20.8 Å². The van der Waals surface area contributed by atoms with Crippen LogP contribution in [0.3, 0.4) is 0 Å². The first-order valence-corrected chi connectivity index (χ1v) is 7.01. The zero-order valence-electron chi connectivity index (χ0n) is 11.8. The molecule has 0 saturated carbocycles. The van der Waals surface area contributed by atoms with E-state index < -0.39 is 21.8 Å². The summed E-state index contributed by atoms with van der Waals surface area (Å²) in [6, 6.07) is 0. The Morgan fingerprint density at radius 1 is 1.32 bits per heavy atom. The number of nitrogens with zero attached hydrogens (tertiary/aromatic N) is 2. The summed E-state index contributed by atoms with van der Waals surface area (Å²) < 4.78 is 20.1. The number of carbonyl (C=O) groups is 1. The molecule has 108 valence electrons. The smallest absolute Gasteiger partial charge is 0.410 e. The zero-order chi connectivity index (χ0) is 14.9. The Bertz CT molecular complexity index is 373. The molecule has 5 nitrogen and oxygen atoms in total. The van der Waals surface area contributed by atoms with Gasteiger partial charge in [0.1, 0.15) is 17.6 Å². The van der Waals surface area contributed by atoms with Crippen LogP contribution in [0, 0.1) is 0 Å². The van der Waals surface area contributed by atoms with Gasteiger partial charge in [0.2, 0.25) is 0 Å². The van der Waals surface area contributed by atoms with Gasteiger partial charge >= 0.3 is 6.09 Å². The van der Waals surface area contributed by atoms with E-state index in [4.69, 9.17) is 4.74 Å². The molecule has 0 bridgehead atoms. The van der Waals surface area contributed by atoms with Crippen molar-refractivity contribution in [3.63, 3.8) is 0 Å². The molecule has 19 heavy (non-hydrogen) atoms. The molecule has 0 aliphatic heterocycles. The predicted molar refractivity (Wildman–Crippen MR) is 79.7 cm³/mol. The van der Waals surface area contributed by atoms with E-state index in [1.54, 1.807) is 6.08 Å². The van der Waals surface area contributed by atoms with E-state index in [0.29, 0.717) is 6.54 Å². The quantitative estimate of drug-likeness (QED) is 0.533. The monoisotopic (exact) mass is 286 g/mol. The predicted octanol–water partition coefficient (Wildman–Crippen LogP) is 2.33. The van der Waals surface area contributed by atoms with Gasteiger partial charge in [-0.1, -0.05) is 18.7 Å². The van der Waals surface area contributed by atoms with E-state index in [0.717, 1.165) is 0 Å². The molecule has 0 saturated heterocycles. The lowest BCUT2D eigenvalue weighted by Gasteiger charge is -2.18. The molecular formula is C13H22N2O3S. The van der Waals surface area contributed by atoms with Crippen molar-refractivity contribution in [1.29, 1.82) is 0 Å². The number of hydrogen-bond donors (Lipinski definition) is 0. The van der Waals surface area contributed by atoms with Crippen LogP contribution in [-0.2, 0) is 15.7 Å². The van der Waals surface area contributed by atoms with Crippen LogP contribution in [-0.4, -0.2) is 45.9 Å². The minimum atomic E-state index is -1.33. The lowest BCUT2D eigenvalue weighted by Crippen LogP contribution is -2.33. The van der Waals surface area contributed by atoms with Crippen LogP contribution in [0.2, 0.25) is 0 Å². The highest BCUT2D eigenvalue weighted by Crippen LogP contribution is 2.11. The second-order valence-corrected chi connectivity index (χ2v) is 6.64. The largest absolute Gasteiger partial charge is 0.445 e. The van der Waals surface area contributed by atoms with Gasteiger partial charge in [0.05, 0.1) is 11.3 Å². The Labute approximate surface area is 117 Å². The molecule has 0 radical (unpaired) electrons. The van der Waals surface area contributed by atoms with Gasteiger partial charge in [0, 0.05) is 12.8 Å². The zero-order valence-corrected chi connectivity index (χ0v) is 12.6. The highest BCUT2D eigenvalue weighted by molar-refractivity contribution is 7.85. The van der Waals surface area contributed by atoms with Gasteiger partial charge < -0.3 is 4.74 Å². The molecule has 0 aromatic heterocycles. The number of amides is 1. The van der Waals surface area contributed by atoms with Crippen molar-refractivity contribution >= 4 is 23.3 Å².